The van der Waals surface area contributed by atoms with Gasteiger partial charge in [-0.05, 0) is 24.3 Å². The van der Waals surface area contributed by atoms with E-state index < -0.39 is 0 Å². The number of halogens is 1. The summed E-state index contributed by atoms with van der Waals surface area (Å²) >= 11 is 3.63. The van der Waals surface area contributed by atoms with Crippen molar-refractivity contribution in [1.29, 1.82) is 0 Å². The maximum Gasteiger partial charge on any atom is 0.159 e. The molecule has 5 aromatic rings. The Morgan fingerprint density at radius 1 is 0.667 bits per heavy atom. The third-order valence-electron chi connectivity index (χ3n) is 4.50. The van der Waals surface area contributed by atoms with E-state index in [0.717, 1.165) is 48.9 Å². The second kappa shape index (κ2) is 6.52. The first-order valence-corrected chi connectivity index (χ1v) is 9.31. The Bertz CT molecular complexity index is 1270. The van der Waals surface area contributed by atoms with Crippen LogP contribution in [-0.4, -0.2) is 19.9 Å². The lowest BCUT2D eigenvalue weighted by atomic mass is 10.1. The Labute approximate surface area is 164 Å². The molecule has 0 N–H and O–H groups in total. The van der Waals surface area contributed by atoms with Gasteiger partial charge in [-0.2, -0.15) is 0 Å². The number of hydrogen-bond donors (Lipinski definition) is 0. The van der Waals surface area contributed by atoms with Crippen LogP contribution in [0, 0.1) is 0 Å². The molecule has 0 saturated carbocycles. The zero-order valence-corrected chi connectivity index (χ0v) is 15.8. The summed E-state index contributed by atoms with van der Waals surface area (Å²) in [7, 11) is 0. The smallest absolute Gasteiger partial charge is 0.159 e. The monoisotopic (exact) mass is 412 g/mol. The number of hydrogen-bond acceptors (Lipinski definition) is 4. The summed E-state index contributed by atoms with van der Waals surface area (Å²) < 4.78 is 1.03. The minimum atomic E-state index is 0.718. The van der Waals surface area contributed by atoms with Crippen molar-refractivity contribution in [3.63, 3.8) is 0 Å². The van der Waals surface area contributed by atoms with Crippen LogP contribution in [0.25, 0.3) is 44.5 Å². The molecule has 0 unspecified atom stereocenters. The molecule has 27 heavy (non-hydrogen) atoms. The van der Waals surface area contributed by atoms with Crippen LogP contribution in [-0.2, 0) is 0 Å². The van der Waals surface area contributed by atoms with Crippen LogP contribution < -0.4 is 0 Å². The quantitative estimate of drug-likeness (QED) is 0.350. The van der Waals surface area contributed by atoms with Gasteiger partial charge in [-0.1, -0.05) is 52.3 Å². The third-order valence-corrected chi connectivity index (χ3v) is 5.16. The van der Waals surface area contributed by atoms with Gasteiger partial charge >= 0.3 is 0 Å². The number of nitrogens with zero attached hydrogens (tertiary/aromatic N) is 4. The van der Waals surface area contributed by atoms with Crippen LogP contribution in [0.5, 0.6) is 0 Å². The Hall–Kier alpha value is -3.18. The molecule has 0 amide bonds. The summed E-state index contributed by atoms with van der Waals surface area (Å²) in [5.41, 5.74) is 4.75. The minimum Gasteiger partial charge on any atom is -0.254 e. The number of aromatic nitrogens is 4. The Morgan fingerprint density at radius 2 is 1.41 bits per heavy atom. The lowest BCUT2D eigenvalue weighted by Crippen LogP contribution is -1.90. The highest BCUT2D eigenvalue weighted by Crippen LogP contribution is 2.31. The van der Waals surface area contributed by atoms with Crippen LogP contribution in [0.15, 0.2) is 83.7 Å². The molecular weight excluding hydrogens is 400 g/mol. The molecule has 0 aliphatic carbocycles. The second-order valence-electron chi connectivity index (χ2n) is 6.18. The van der Waals surface area contributed by atoms with Gasteiger partial charge in [0.1, 0.15) is 0 Å². The van der Waals surface area contributed by atoms with E-state index in [0.29, 0.717) is 0 Å². The molecule has 0 spiro atoms. The molecule has 0 fully saturated rings. The van der Waals surface area contributed by atoms with Gasteiger partial charge in [0, 0.05) is 45.0 Å². The normalized spacial score (nSPS) is 11.1. The standard InChI is InChI=1S/C22H13BrN4/c23-18-13-16-8-9-19(27-20(16)21-17(18)3-1-10-24-21)14-4-6-15(7-5-14)22-25-11-2-12-26-22/h1-13H. The highest BCUT2D eigenvalue weighted by atomic mass is 79.9. The molecule has 4 nitrogen and oxygen atoms in total. The predicted octanol–water partition coefficient (Wildman–Crippen LogP) is 5.67. The first-order chi connectivity index (χ1) is 13.3. The fraction of sp³-hybridized carbons (Fsp3) is 0. The largest absolute Gasteiger partial charge is 0.254 e. The first kappa shape index (κ1) is 16.0. The van der Waals surface area contributed by atoms with E-state index in [-0.39, 0.29) is 0 Å². The second-order valence-corrected chi connectivity index (χ2v) is 7.03. The van der Waals surface area contributed by atoms with Crippen molar-refractivity contribution in [2.75, 3.05) is 0 Å². The van der Waals surface area contributed by atoms with E-state index >= 15 is 0 Å². The van der Waals surface area contributed by atoms with E-state index in [2.05, 4.69) is 49.1 Å². The van der Waals surface area contributed by atoms with Crippen molar-refractivity contribution in [1.82, 2.24) is 19.9 Å². The van der Waals surface area contributed by atoms with Gasteiger partial charge in [0.15, 0.2) is 5.82 Å². The molecule has 0 saturated heterocycles. The van der Waals surface area contributed by atoms with Gasteiger partial charge in [-0.15, -0.1) is 0 Å². The number of benzene rings is 2. The summed E-state index contributed by atoms with van der Waals surface area (Å²) in [6, 6.07) is 20.2. The van der Waals surface area contributed by atoms with Crippen molar-refractivity contribution in [2.24, 2.45) is 0 Å². The predicted molar refractivity (Wildman–Crippen MR) is 111 cm³/mol. The molecule has 5 rings (SSSR count). The lowest BCUT2D eigenvalue weighted by Gasteiger charge is -2.08. The zero-order chi connectivity index (χ0) is 18.2. The van der Waals surface area contributed by atoms with Crippen molar-refractivity contribution < 1.29 is 0 Å². The maximum atomic E-state index is 4.90. The fourth-order valence-corrected chi connectivity index (χ4v) is 3.74. The average molecular weight is 413 g/mol. The molecule has 0 radical (unpaired) electrons. The molecule has 5 heteroatoms. The van der Waals surface area contributed by atoms with E-state index in [4.69, 9.17) is 4.98 Å². The van der Waals surface area contributed by atoms with Gasteiger partial charge < -0.3 is 0 Å². The van der Waals surface area contributed by atoms with Gasteiger partial charge in [0.2, 0.25) is 0 Å². The van der Waals surface area contributed by atoms with Crippen molar-refractivity contribution in [3.8, 4) is 22.6 Å². The molecule has 0 aliphatic rings. The van der Waals surface area contributed by atoms with E-state index in [9.17, 15) is 0 Å². The Morgan fingerprint density at radius 3 is 2.22 bits per heavy atom. The molecule has 0 aliphatic heterocycles. The van der Waals surface area contributed by atoms with E-state index in [1.54, 1.807) is 18.6 Å². The summed E-state index contributed by atoms with van der Waals surface area (Å²) in [4.78, 5) is 18.0. The number of fused-ring (bicyclic) bond motifs is 3. The molecule has 2 aromatic carbocycles. The Kier molecular flexibility index (Phi) is 3.87. The molecule has 3 heterocycles. The van der Waals surface area contributed by atoms with Crippen LogP contribution in [0.1, 0.15) is 0 Å². The molecule has 0 bridgehead atoms. The lowest BCUT2D eigenvalue weighted by molar-refractivity contribution is 1.18. The summed E-state index contributed by atoms with van der Waals surface area (Å²) in [6.07, 6.45) is 5.30. The Balaban J connectivity index is 1.63. The molecule has 0 atom stereocenters. The van der Waals surface area contributed by atoms with E-state index in [1.165, 1.54) is 0 Å². The van der Waals surface area contributed by atoms with Crippen molar-refractivity contribution in [2.45, 2.75) is 0 Å². The van der Waals surface area contributed by atoms with Crippen molar-refractivity contribution >= 4 is 37.7 Å². The maximum absolute atomic E-state index is 4.90. The summed E-state index contributed by atoms with van der Waals surface area (Å²) in [5.74, 6) is 0.718. The number of pyridine rings is 2. The van der Waals surface area contributed by atoms with Crippen LogP contribution in [0.2, 0.25) is 0 Å². The topological polar surface area (TPSA) is 51.6 Å². The molecular formula is C22H13BrN4. The average Bonchev–Trinajstić information content (AvgIpc) is 2.75. The van der Waals surface area contributed by atoms with Gasteiger partial charge in [-0.3, -0.25) is 4.98 Å². The fourth-order valence-electron chi connectivity index (χ4n) is 3.18. The van der Waals surface area contributed by atoms with Crippen LogP contribution in [0.4, 0.5) is 0 Å². The molecule has 128 valence electrons. The van der Waals surface area contributed by atoms with Crippen LogP contribution in [0.3, 0.4) is 0 Å². The number of rotatable bonds is 2. The summed E-state index contributed by atoms with van der Waals surface area (Å²) in [5, 5.41) is 2.12. The first-order valence-electron chi connectivity index (χ1n) is 8.51. The SMILES string of the molecule is Brc1cc2ccc(-c3ccc(-c4ncccn4)cc3)nc2c2ncccc12. The van der Waals surface area contributed by atoms with Gasteiger partial charge in [0.05, 0.1) is 16.7 Å². The summed E-state index contributed by atoms with van der Waals surface area (Å²) in [6.45, 7) is 0. The third kappa shape index (κ3) is 2.86. The van der Waals surface area contributed by atoms with Gasteiger partial charge in [-0.25, -0.2) is 15.0 Å². The minimum absolute atomic E-state index is 0.718. The highest BCUT2D eigenvalue weighted by molar-refractivity contribution is 9.10. The zero-order valence-electron chi connectivity index (χ0n) is 14.2. The van der Waals surface area contributed by atoms with Gasteiger partial charge in [0.25, 0.3) is 0 Å². The highest BCUT2D eigenvalue weighted by Gasteiger charge is 2.09. The van der Waals surface area contributed by atoms with Crippen molar-refractivity contribution in [3.05, 3.63) is 83.7 Å². The van der Waals surface area contributed by atoms with Crippen LogP contribution >= 0.6 is 15.9 Å². The van der Waals surface area contributed by atoms with E-state index in [1.807, 2.05) is 42.5 Å². The molecule has 3 aromatic heterocycles.